The van der Waals surface area contributed by atoms with Crippen LogP contribution in [0.5, 0.6) is 0 Å². The normalized spacial score (nSPS) is 21.5. The van der Waals surface area contributed by atoms with E-state index in [-0.39, 0.29) is 11.6 Å². The van der Waals surface area contributed by atoms with Gasteiger partial charge in [-0.3, -0.25) is 4.79 Å². The molecule has 0 spiro atoms. The van der Waals surface area contributed by atoms with Gasteiger partial charge in [0.05, 0.1) is 6.04 Å². The number of hydrogen-bond acceptors (Lipinski definition) is 3. The second-order valence-corrected chi connectivity index (χ2v) is 3.98. The van der Waals surface area contributed by atoms with Crippen LogP contribution in [0.2, 0.25) is 0 Å². The second kappa shape index (κ2) is 4.57. The van der Waals surface area contributed by atoms with Gasteiger partial charge in [-0.15, -0.1) is 0 Å². The van der Waals surface area contributed by atoms with E-state index in [1.54, 1.807) is 6.20 Å². The van der Waals surface area contributed by atoms with Crippen molar-refractivity contribution in [3.05, 3.63) is 27.9 Å². The molecule has 2 heterocycles. The van der Waals surface area contributed by atoms with Crippen LogP contribution < -0.4 is 10.9 Å². The van der Waals surface area contributed by atoms with E-state index in [1.807, 2.05) is 6.92 Å². The Bertz CT molecular complexity index is 380. The van der Waals surface area contributed by atoms with E-state index in [0.29, 0.717) is 0 Å². The quantitative estimate of drug-likeness (QED) is 0.764. The SMILES string of the molecule is CCc1cnc(C2CCCCN2)[nH]c1=O. The predicted octanol–water partition coefficient (Wildman–Crippen LogP) is 1.15. The van der Waals surface area contributed by atoms with Gasteiger partial charge in [-0.25, -0.2) is 4.98 Å². The van der Waals surface area contributed by atoms with Crippen molar-refractivity contribution in [2.45, 2.75) is 38.6 Å². The summed E-state index contributed by atoms with van der Waals surface area (Å²) in [5.74, 6) is 0.789. The smallest absolute Gasteiger partial charge is 0.254 e. The zero-order chi connectivity index (χ0) is 10.7. The first kappa shape index (κ1) is 10.4. The molecule has 82 valence electrons. The molecule has 1 aromatic rings. The molecule has 1 aromatic heterocycles. The summed E-state index contributed by atoms with van der Waals surface area (Å²) in [4.78, 5) is 18.8. The Balaban J connectivity index is 2.21. The van der Waals surface area contributed by atoms with Crippen LogP contribution >= 0.6 is 0 Å². The Morgan fingerprint density at radius 1 is 1.53 bits per heavy atom. The average molecular weight is 207 g/mol. The van der Waals surface area contributed by atoms with E-state index in [2.05, 4.69) is 15.3 Å². The maximum atomic E-state index is 11.6. The lowest BCUT2D eigenvalue weighted by molar-refractivity contribution is 0.396. The standard InChI is InChI=1S/C11H17N3O/c1-2-8-7-13-10(14-11(8)15)9-5-3-4-6-12-9/h7,9,12H,2-6H2,1H3,(H,13,14,15). The third-order valence-corrected chi connectivity index (χ3v) is 2.91. The summed E-state index contributed by atoms with van der Waals surface area (Å²) >= 11 is 0. The minimum atomic E-state index is 0.00914. The van der Waals surface area contributed by atoms with Gasteiger partial charge in [0.2, 0.25) is 0 Å². The molecule has 0 bridgehead atoms. The second-order valence-electron chi connectivity index (χ2n) is 3.98. The molecular weight excluding hydrogens is 190 g/mol. The number of piperidine rings is 1. The summed E-state index contributed by atoms with van der Waals surface area (Å²) in [5, 5.41) is 3.37. The molecule has 1 aliphatic rings. The average Bonchev–Trinajstić information content (AvgIpc) is 2.30. The van der Waals surface area contributed by atoms with Crippen molar-refractivity contribution in [3.8, 4) is 0 Å². The molecule has 4 nitrogen and oxygen atoms in total. The molecule has 1 aliphatic heterocycles. The Hall–Kier alpha value is -1.16. The van der Waals surface area contributed by atoms with E-state index in [0.717, 1.165) is 30.8 Å². The predicted molar refractivity (Wildman–Crippen MR) is 58.8 cm³/mol. The van der Waals surface area contributed by atoms with Gasteiger partial charge in [0, 0.05) is 11.8 Å². The fourth-order valence-electron chi connectivity index (χ4n) is 1.95. The first-order valence-corrected chi connectivity index (χ1v) is 5.62. The Labute approximate surface area is 89.1 Å². The highest BCUT2D eigenvalue weighted by atomic mass is 16.1. The summed E-state index contributed by atoms with van der Waals surface area (Å²) < 4.78 is 0. The number of hydrogen-bond donors (Lipinski definition) is 2. The zero-order valence-electron chi connectivity index (χ0n) is 9.05. The van der Waals surface area contributed by atoms with E-state index in [4.69, 9.17) is 0 Å². The molecule has 4 heteroatoms. The lowest BCUT2D eigenvalue weighted by Crippen LogP contribution is -2.30. The third-order valence-electron chi connectivity index (χ3n) is 2.91. The molecule has 0 aromatic carbocycles. The van der Waals surface area contributed by atoms with Gasteiger partial charge < -0.3 is 10.3 Å². The topological polar surface area (TPSA) is 57.8 Å². The molecule has 0 saturated carbocycles. The Kier molecular flexibility index (Phi) is 3.16. The number of aromatic nitrogens is 2. The van der Waals surface area contributed by atoms with Gasteiger partial charge in [-0.1, -0.05) is 13.3 Å². The van der Waals surface area contributed by atoms with Crippen LogP contribution in [-0.2, 0) is 6.42 Å². The van der Waals surface area contributed by atoms with E-state index >= 15 is 0 Å². The van der Waals surface area contributed by atoms with Crippen molar-refractivity contribution in [3.63, 3.8) is 0 Å². The largest absolute Gasteiger partial charge is 0.309 e. The fourth-order valence-corrected chi connectivity index (χ4v) is 1.95. The van der Waals surface area contributed by atoms with Crippen LogP contribution in [0.25, 0.3) is 0 Å². The fraction of sp³-hybridized carbons (Fsp3) is 0.636. The number of rotatable bonds is 2. The minimum absolute atomic E-state index is 0.00914. The van der Waals surface area contributed by atoms with E-state index in [1.165, 1.54) is 12.8 Å². The lowest BCUT2D eigenvalue weighted by Gasteiger charge is -2.22. The molecule has 0 aliphatic carbocycles. The lowest BCUT2D eigenvalue weighted by atomic mass is 10.0. The zero-order valence-corrected chi connectivity index (χ0v) is 9.05. The highest BCUT2D eigenvalue weighted by Crippen LogP contribution is 2.18. The number of aryl methyl sites for hydroxylation is 1. The van der Waals surface area contributed by atoms with E-state index in [9.17, 15) is 4.79 Å². The molecule has 0 radical (unpaired) electrons. The maximum absolute atomic E-state index is 11.6. The van der Waals surface area contributed by atoms with Gasteiger partial charge in [-0.05, 0) is 25.8 Å². The number of aromatic amines is 1. The molecule has 2 N–H and O–H groups in total. The third kappa shape index (κ3) is 2.26. The number of nitrogens with zero attached hydrogens (tertiary/aromatic N) is 1. The maximum Gasteiger partial charge on any atom is 0.254 e. The first-order valence-electron chi connectivity index (χ1n) is 5.62. The van der Waals surface area contributed by atoms with Gasteiger partial charge in [0.15, 0.2) is 0 Å². The van der Waals surface area contributed by atoms with Crippen molar-refractivity contribution >= 4 is 0 Å². The molecule has 1 unspecified atom stereocenters. The molecule has 0 amide bonds. The summed E-state index contributed by atoms with van der Waals surface area (Å²) in [6, 6.07) is 0.234. The summed E-state index contributed by atoms with van der Waals surface area (Å²) in [6.07, 6.45) is 5.92. The minimum Gasteiger partial charge on any atom is -0.309 e. The molecule has 1 atom stereocenters. The number of nitrogens with one attached hydrogen (secondary N) is 2. The summed E-state index contributed by atoms with van der Waals surface area (Å²) in [5.41, 5.74) is 0.768. The van der Waals surface area contributed by atoms with Crippen LogP contribution in [-0.4, -0.2) is 16.5 Å². The summed E-state index contributed by atoms with van der Waals surface area (Å²) in [6.45, 7) is 2.98. The van der Waals surface area contributed by atoms with Gasteiger partial charge in [0.25, 0.3) is 5.56 Å². The molecule has 15 heavy (non-hydrogen) atoms. The Morgan fingerprint density at radius 2 is 2.40 bits per heavy atom. The van der Waals surface area contributed by atoms with Crippen LogP contribution in [0.15, 0.2) is 11.0 Å². The van der Waals surface area contributed by atoms with Crippen molar-refractivity contribution in [2.24, 2.45) is 0 Å². The van der Waals surface area contributed by atoms with Crippen LogP contribution in [0.1, 0.15) is 43.6 Å². The van der Waals surface area contributed by atoms with E-state index < -0.39 is 0 Å². The van der Waals surface area contributed by atoms with Gasteiger partial charge in [0.1, 0.15) is 5.82 Å². The molecule has 2 rings (SSSR count). The van der Waals surface area contributed by atoms with Crippen molar-refractivity contribution in [1.29, 1.82) is 0 Å². The van der Waals surface area contributed by atoms with Crippen LogP contribution in [0, 0.1) is 0 Å². The van der Waals surface area contributed by atoms with Crippen LogP contribution in [0.4, 0.5) is 0 Å². The van der Waals surface area contributed by atoms with Gasteiger partial charge in [-0.2, -0.15) is 0 Å². The highest BCUT2D eigenvalue weighted by Gasteiger charge is 2.16. The van der Waals surface area contributed by atoms with Crippen molar-refractivity contribution in [2.75, 3.05) is 6.54 Å². The van der Waals surface area contributed by atoms with Crippen molar-refractivity contribution in [1.82, 2.24) is 15.3 Å². The summed E-state index contributed by atoms with van der Waals surface area (Å²) in [7, 11) is 0. The molecule has 1 saturated heterocycles. The molecule has 1 fully saturated rings. The Morgan fingerprint density at radius 3 is 3.00 bits per heavy atom. The van der Waals surface area contributed by atoms with Crippen molar-refractivity contribution < 1.29 is 0 Å². The van der Waals surface area contributed by atoms with Crippen LogP contribution in [0.3, 0.4) is 0 Å². The molecular formula is C11H17N3O. The highest BCUT2D eigenvalue weighted by molar-refractivity contribution is 5.07. The first-order chi connectivity index (χ1) is 7.31. The van der Waals surface area contributed by atoms with Gasteiger partial charge >= 0.3 is 0 Å². The number of H-pyrrole nitrogens is 1. The monoisotopic (exact) mass is 207 g/mol.